The normalized spacial score (nSPS) is 4.29. The van der Waals surface area contributed by atoms with Gasteiger partial charge in [-0.05, 0) is 0 Å². The zero-order chi connectivity index (χ0) is 6.71. The Bertz CT molecular complexity index is 6.90. The molecule has 0 nitrogen and oxygen atoms in total. The maximum atomic E-state index is 9.62. The summed E-state index contributed by atoms with van der Waals surface area (Å²) in [6.07, 6.45) is 0. The summed E-state index contributed by atoms with van der Waals surface area (Å²) in [5.41, 5.74) is 0. The third-order valence-corrected chi connectivity index (χ3v) is 0. The van der Waals surface area contributed by atoms with Crippen LogP contribution < -0.4 is 0 Å². The van der Waals surface area contributed by atoms with Gasteiger partial charge in [-0.25, -0.2) is 8.78 Å². The van der Waals surface area contributed by atoms with Crippen LogP contribution in [0.4, 0.5) is 13.2 Å². The second kappa shape index (κ2) is 213. The zero-order valence-corrected chi connectivity index (χ0v) is 4.84. The minimum Gasteiger partial charge on any atom is -0.255 e. The summed E-state index contributed by atoms with van der Waals surface area (Å²) in [6.45, 7) is 2.25. The van der Waals surface area contributed by atoms with Gasteiger partial charge in [-0.15, -0.1) is 0 Å². The molecule has 0 saturated carbocycles. The van der Waals surface area contributed by atoms with Crippen LogP contribution in [0.25, 0.3) is 0 Å². The van der Waals surface area contributed by atoms with Crippen LogP contribution in [0.1, 0.15) is 13.8 Å². The molecule has 0 unspecified atom stereocenters. The third kappa shape index (κ3) is 1890. The van der Waals surface area contributed by atoms with E-state index in [2.05, 4.69) is 0 Å². The van der Waals surface area contributed by atoms with Crippen molar-refractivity contribution in [1.29, 1.82) is 0 Å². The third-order valence-electron chi connectivity index (χ3n) is 0. The molecule has 3 heteroatoms. The van der Waals surface area contributed by atoms with E-state index in [-0.39, 0.29) is 0 Å². The summed E-state index contributed by atoms with van der Waals surface area (Å²) in [5.74, 6) is 0. The van der Waals surface area contributed by atoms with Crippen LogP contribution in [0.5, 0.6) is 0 Å². The largest absolute Gasteiger partial charge is 0.255 e. The fourth-order valence-corrected chi connectivity index (χ4v) is 0. The van der Waals surface area contributed by atoms with Crippen molar-refractivity contribution in [1.82, 2.24) is 0 Å². The van der Waals surface area contributed by atoms with Gasteiger partial charge in [-0.3, -0.25) is 4.39 Å². The summed E-state index contributed by atoms with van der Waals surface area (Å²) in [7, 11) is 0.500. The van der Waals surface area contributed by atoms with Crippen LogP contribution in [0.3, 0.4) is 0 Å². The predicted octanol–water partition coefficient (Wildman–Crippen LogP) is 2.49. The molecular weight excluding hydrogens is 105 g/mol. The fourth-order valence-electron chi connectivity index (χ4n) is 0. The van der Waals surface area contributed by atoms with E-state index in [4.69, 9.17) is 0 Å². The highest BCUT2D eigenvalue weighted by Gasteiger charge is 1.44. The molecule has 0 heterocycles. The summed E-state index contributed by atoms with van der Waals surface area (Å²) in [6, 6.07) is 0. The first kappa shape index (κ1) is 15.8. The highest BCUT2D eigenvalue weighted by atomic mass is 19.3. The van der Waals surface area contributed by atoms with Gasteiger partial charge in [-0.2, -0.15) is 0 Å². The monoisotopic (exact) mass is 116 g/mol. The van der Waals surface area contributed by atoms with Gasteiger partial charge in [0.25, 0.3) is 0 Å². The summed E-state index contributed by atoms with van der Waals surface area (Å²) in [4.78, 5) is 0. The molecular formula is C4H11F3. The average molecular weight is 116 g/mol. The van der Waals surface area contributed by atoms with Crippen molar-refractivity contribution in [3.63, 3.8) is 0 Å². The van der Waals surface area contributed by atoms with Gasteiger partial charge in [0.15, 0.2) is 0 Å². The van der Waals surface area contributed by atoms with Crippen molar-refractivity contribution in [2.24, 2.45) is 0 Å². The lowest BCUT2D eigenvalue weighted by atomic mass is 11.0. The minimum absolute atomic E-state index is 0.500. The summed E-state index contributed by atoms with van der Waals surface area (Å²) in [5, 5.41) is 0. The Morgan fingerprint density at radius 1 is 1.00 bits per heavy atom. The van der Waals surface area contributed by atoms with Gasteiger partial charge in [0.05, 0.1) is 7.18 Å². The molecule has 0 atom stereocenters. The molecule has 0 aromatic rings. The first-order valence-electron chi connectivity index (χ1n) is 1.91. The first-order valence-corrected chi connectivity index (χ1v) is 1.91. The number of hydrogen-bond donors (Lipinski definition) is 0. The Hall–Kier alpha value is -0.210. The number of hydrogen-bond acceptors (Lipinski definition) is 0. The fraction of sp³-hybridized carbons (Fsp3) is 1.00. The molecule has 0 aromatic carbocycles. The van der Waals surface area contributed by atoms with E-state index < -0.39 is 6.93 Å². The van der Waals surface area contributed by atoms with Gasteiger partial charge in [0.2, 0.25) is 6.93 Å². The van der Waals surface area contributed by atoms with Crippen molar-refractivity contribution in [2.45, 2.75) is 13.8 Å². The van der Waals surface area contributed by atoms with Crippen LogP contribution in [-0.2, 0) is 0 Å². The smallest absolute Gasteiger partial charge is 0.229 e. The van der Waals surface area contributed by atoms with Crippen molar-refractivity contribution >= 4 is 0 Å². The van der Waals surface area contributed by atoms with E-state index in [1.165, 1.54) is 0 Å². The summed E-state index contributed by atoms with van der Waals surface area (Å²) >= 11 is 0. The average Bonchev–Trinajstić information content (AvgIpc) is 1.78. The molecule has 0 fully saturated rings. The van der Waals surface area contributed by atoms with Crippen LogP contribution >= 0.6 is 0 Å². The van der Waals surface area contributed by atoms with E-state index in [1.807, 2.05) is 13.8 Å². The number of halogens is 3. The standard InChI is InChI=1S/C2H6.CH2F2.CH3F/c1-2;2-1-3;1-2/h1-2H3;1H2;1H3. The van der Waals surface area contributed by atoms with Crippen molar-refractivity contribution < 1.29 is 13.2 Å². The lowest BCUT2D eigenvalue weighted by Gasteiger charge is -1.42. The van der Waals surface area contributed by atoms with Crippen molar-refractivity contribution in [3.8, 4) is 0 Å². The Balaban J connectivity index is -0.0000000360. The van der Waals surface area contributed by atoms with Gasteiger partial charge in [-0.1, -0.05) is 13.8 Å². The number of rotatable bonds is 0. The van der Waals surface area contributed by atoms with E-state index in [9.17, 15) is 13.2 Å². The Labute approximate surface area is 42.3 Å². The molecule has 7 heavy (non-hydrogen) atoms. The van der Waals surface area contributed by atoms with Gasteiger partial charge < -0.3 is 0 Å². The Morgan fingerprint density at radius 2 is 1.00 bits per heavy atom. The van der Waals surface area contributed by atoms with E-state index in [1.54, 1.807) is 0 Å². The number of alkyl halides is 3. The minimum atomic E-state index is -1.75. The highest BCUT2D eigenvalue weighted by Crippen LogP contribution is 1.56. The Kier molecular flexibility index (Phi) is 482. The maximum absolute atomic E-state index is 9.62. The van der Waals surface area contributed by atoms with Crippen LogP contribution in [0, 0.1) is 0 Å². The quantitative estimate of drug-likeness (QED) is 0.456. The predicted molar refractivity (Wildman–Crippen MR) is 25.5 cm³/mol. The SMILES string of the molecule is CC.CF.FCF. The molecule has 0 N–H and O–H groups in total. The van der Waals surface area contributed by atoms with E-state index >= 15 is 0 Å². The molecule has 0 saturated heterocycles. The molecule has 0 spiro atoms. The topological polar surface area (TPSA) is 0 Å². The van der Waals surface area contributed by atoms with Gasteiger partial charge in [0, 0.05) is 0 Å². The lowest BCUT2D eigenvalue weighted by molar-refractivity contribution is 0.295. The zero-order valence-electron chi connectivity index (χ0n) is 4.84. The van der Waals surface area contributed by atoms with Gasteiger partial charge in [0.1, 0.15) is 0 Å². The molecule has 0 aliphatic heterocycles. The molecule has 0 rings (SSSR count). The van der Waals surface area contributed by atoms with Crippen LogP contribution in [-0.4, -0.2) is 14.1 Å². The van der Waals surface area contributed by atoms with Crippen molar-refractivity contribution in [3.05, 3.63) is 0 Å². The molecule has 0 aromatic heterocycles. The molecule has 0 amide bonds. The lowest BCUT2D eigenvalue weighted by Crippen LogP contribution is -1.34. The second-order valence-corrected chi connectivity index (χ2v) is 0.101. The van der Waals surface area contributed by atoms with E-state index in [0.717, 1.165) is 0 Å². The van der Waals surface area contributed by atoms with E-state index in [0.29, 0.717) is 7.18 Å². The maximum Gasteiger partial charge on any atom is 0.229 e. The molecule has 48 valence electrons. The molecule has 0 aliphatic rings. The molecule has 0 bridgehead atoms. The van der Waals surface area contributed by atoms with Crippen LogP contribution in [0.15, 0.2) is 0 Å². The molecule has 0 aliphatic carbocycles. The van der Waals surface area contributed by atoms with Gasteiger partial charge >= 0.3 is 0 Å². The first-order chi connectivity index (χ1) is 3.41. The Morgan fingerprint density at radius 3 is 1.00 bits per heavy atom. The van der Waals surface area contributed by atoms with Crippen molar-refractivity contribution in [2.75, 3.05) is 14.1 Å². The highest BCUT2D eigenvalue weighted by molar-refractivity contribution is 3.57. The van der Waals surface area contributed by atoms with Crippen LogP contribution in [0.2, 0.25) is 0 Å². The summed E-state index contributed by atoms with van der Waals surface area (Å²) < 4.78 is 28.8. The molecule has 0 radical (unpaired) electrons. The second-order valence-electron chi connectivity index (χ2n) is 0.101.